The Kier molecular flexibility index (Phi) is 2.78. The van der Waals surface area contributed by atoms with Crippen LogP contribution < -0.4 is 0 Å². The lowest BCUT2D eigenvalue weighted by molar-refractivity contribution is -0.151. The zero-order valence-corrected chi connectivity index (χ0v) is 12.3. The highest BCUT2D eigenvalue weighted by molar-refractivity contribution is 6.15. The molecule has 1 atom stereocenters. The third kappa shape index (κ3) is 1.87. The first-order valence-corrected chi connectivity index (χ1v) is 7.36. The van der Waals surface area contributed by atoms with Crippen molar-refractivity contribution in [2.24, 2.45) is 0 Å². The lowest BCUT2D eigenvalue weighted by atomic mass is 9.78. The van der Waals surface area contributed by atoms with Crippen molar-refractivity contribution in [3.8, 4) is 0 Å². The quantitative estimate of drug-likeness (QED) is 0.582. The highest BCUT2D eigenvalue weighted by atomic mass is 16.6. The second-order valence-corrected chi connectivity index (χ2v) is 5.95. The average molecular weight is 312 g/mol. The summed E-state index contributed by atoms with van der Waals surface area (Å²) in [6.45, 7) is 1.77. The van der Waals surface area contributed by atoms with E-state index in [2.05, 4.69) is 9.47 Å². The Balaban J connectivity index is 1.74. The summed E-state index contributed by atoms with van der Waals surface area (Å²) in [4.78, 5) is 46.7. The summed E-state index contributed by atoms with van der Waals surface area (Å²) in [5, 5.41) is 0. The molecule has 6 heteroatoms. The monoisotopic (exact) mass is 312 g/mol. The van der Waals surface area contributed by atoms with Gasteiger partial charge in [0.25, 0.3) is 0 Å². The topological polar surface area (TPSA) is 86.7 Å². The number of benzene rings is 1. The highest BCUT2D eigenvalue weighted by Gasteiger charge is 2.39. The van der Waals surface area contributed by atoms with Crippen LogP contribution in [0.15, 0.2) is 23.3 Å². The maximum Gasteiger partial charge on any atom is 0.347 e. The molecule has 1 aromatic carbocycles. The van der Waals surface area contributed by atoms with Crippen LogP contribution >= 0.6 is 0 Å². The maximum absolute atomic E-state index is 11.8. The summed E-state index contributed by atoms with van der Waals surface area (Å²) in [6, 6.07) is 3.39. The van der Waals surface area contributed by atoms with Gasteiger partial charge in [0.2, 0.25) is 0 Å². The van der Waals surface area contributed by atoms with Gasteiger partial charge < -0.3 is 9.47 Å². The van der Waals surface area contributed by atoms with E-state index in [1.807, 2.05) is 0 Å². The molecule has 0 saturated heterocycles. The van der Waals surface area contributed by atoms with Gasteiger partial charge in [0.1, 0.15) is 0 Å². The first-order valence-electron chi connectivity index (χ1n) is 7.36. The van der Waals surface area contributed by atoms with Crippen LogP contribution in [0.3, 0.4) is 0 Å². The molecule has 0 saturated carbocycles. The molecule has 1 aromatic rings. The Morgan fingerprint density at radius 3 is 2.39 bits per heavy atom. The molecule has 0 bridgehead atoms. The van der Waals surface area contributed by atoms with Crippen LogP contribution in [0.4, 0.5) is 0 Å². The van der Waals surface area contributed by atoms with Crippen LogP contribution in [0.1, 0.15) is 57.0 Å². The van der Waals surface area contributed by atoms with Gasteiger partial charge in [-0.25, -0.2) is 19.2 Å². The first-order chi connectivity index (χ1) is 11.0. The van der Waals surface area contributed by atoms with E-state index < -0.39 is 23.9 Å². The van der Waals surface area contributed by atoms with Crippen molar-refractivity contribution in [1.82, 2.24) is 0 Å². The SMILES string of the molecule is Cc1c(C2CCC3=C(C2)C(=O)OC3=O)ccc2c1C(=O)OC2=O. The smallest absolute Gasteiger partial charge is 0.347 e. The molecule has 0 N–H and O–H groups in total. The third-order valence-corrected chi connectivity index (χ3v) is 4.79. The second-order valence-electron chi connectivity index (χ2n) is 5.95. The van der Waals surface area contributed by atoms with E-state index in [1.54, 1.807) is 19.1 Å². The van der Waals surface area contributed by atoms with Gasteiger partial charge in [-0.05, 0) is 49.3 Å². The number of fused-ring (bicyclic) bond motifs is 1. The van der Waals surface area contributed by atoms with Gasteiger partial charge in [-0.15, -0.1) is 0 Å². The van der Waals surface area contributed by atoms with E-state index in [4.69, 9.17) is 0 Å². The van der Waals surface area contributed by atoms with Crippen LogP contribution in [-0.2, 0) is 19.1 Å². The van der Waals surface area contributed by atoms with E-state index in [0.717, 1.165) is 5.56 Å². The summed E-state index contributed by atoms with van der Waals surface area (Å²) < 4.78 is 9.31. The predicted molar refractivity (Wildman–Crippen MR) is 75.6 cm³/mol. The number of esters is 4. The minimum absolute atomic E-state index is 0.000928. The Labute approximate surface area is 131 Å². The van der Waals surface area contributed by atoms with Gasteiger partial charge in [0.15, 0.2) is 0 Å². The van der Waals surface area contributed by atoms with E-state index in [9.17, 15) is 19.2 Å². The molecule has 6 nitrogen and oxygen atoms in total. The zero-order chi connectivity index (χ0) is 16.3. The van der Waals surface area contributed by atoms with E-state index >= 15 is 0 Å². The van der Waals surface area contributed by atoms with Crippen molar-refractivity contribution in [1.29, 1.82) is 0 Å². The standard InChI is InChI=1S/C17H12O6/c1-7-9(4-5-11-13(7)17(21)23-15(11)19)8-2-3-10-12(6-8)16(20)22-14(10)18/h4-5,8H,2-3,6H2,1H3. The number of hydrogen-bond donors (Lipinski definition) is 0. The Hall–Kier alpha value is -2.76. The number of ether oxygens (including phenoxy) is 2. The number of carbonyl (C=O) groups excluding carboxylic acids is 4. The van der Waals surface area contributed by atoms with Gasteiger partial charge >= 0.3 is 23.9 Å². The molecule has 0 amide bonds. The summed E-state index contributed by atoms with van der Waals surface area (Å²) in [6.07, 6.45) is 1.57. The Morgan fingerprint density at radius 1 is 0.913 bits per heavy atom. The number of carbonyl (C=O) groups is 4. The summed E-state index contributed by atoms with van der Waals surface area (Å²) in [5.41, 5.74) is 3.09. The predicted octanol–water partition coefficient (Wildman–Crippen LogP) is 1.95. The molecule has 0 radical (unpaired) electrons. The Bertz CT molecular complexity index is 845. The Morgan fingerprint density at radius 2 is 1.61 bits per heavy atom. The van der Waals surface area contributed by atoms with Crippen LogP contribution in [0.5, 0.6) is 0 Å². The number of hydrogen-bond acceptors (Lipinski definition) is 6. The largest absolute Gasteiger partial charge is 0.386 e. The fourth-order valence-electron chi connectivity index (χ4n) is 3.64. The van der Waals surface area contributed by atoms with Crippen LogP contribution in [0.2, 0.25) is 0 Å². The van der Waals surface area contributed by atoms with Gasteiger partial charge in [0, 0.05) is 11.1 Å². The summed E-state index contributed by atoms with van der Waals surface area (Å²) in [5.74, 6) is -2.36. The third-order valence-electron chi connectivity index (χ3n) is 4.79. The fourth-order valence-corrected chi connectivity index (χ4v) is 3.64. The van der Waals surface area contributed by atoms with Gasteiger partial charge in [-0.3, -0.25) is 0 Å². The van der Waals surface area contributed by atoms with Crippen molar-refractivity contribution < 1.29 is 28.7 Å². The fraction of sp³-hybridized carbons (Fsp3) is 0.294. The van der Waals surface area contributed by atoms with Gasteiger partial charge in [-0.2, -0.15) is 0 Å². The number of rotatable bonds is 1. The molecule has 2 aliphatic heterocycles. The zero-order valence-electron chi connectivity index (χ0n) is 12.3. The molecule has 0 aromatic heterocycles. The molecule has 3 aliphatic rings. The molecule has 116 valence electrons. The molecular formula is C17H12O6. The lowest BCUT2D eigenvalue weighted by Gasteiger charge is -2.23. The van der Waals surface area contributed by atoms with Gasteiger partial charge in [-0.1, -0.05) is 6.07 Å². The van der Waals surface area contributed by atoms with Crippen molar-refractivity contribution in [3.05, 3.63) is 45.5 Å². The van der Waals surface area contributed by atoms with Crippen molar-refractivity contribution in [3.63, 3.8) is 0 Å². The molecule has 2 heterocycles. The number of cyclic esters (lactones) is 4. The van der Waals surface area contributed by atoms with Gasteiger partial charge in [0.05, 0.1) is 11.1 Å². The molecule has 4 rings (SSSR count). The summed E-state index contributed by atoms with van der Waals surface area (Å²) in [7, 11) is 0. The minimum atomic E-state index is -0.629. The minimum Gasteiger partial charge on any atom is -0.386 e. The van der Waals surface area contributed by atoms with E-state index in [1.165, 1.54) is 0 Å². The molecule has 0 fully saturated rings. The lowest BCUT2D eigenvalue weighted by Crippen LogP contribution is -2.13. The van der Waals surface area contributed by atoms with Crippen molar-refractivity contribution >= 4 is 23.9 Å². The molecule has 23 heavy (non-hydrogen) atoms. The summed E-state index contributed by atoms with van der Waals surface area (Å²) >= 11 is 0. The van der Waals surface area contributed by atoms with Crippen molar-refractivity contribution in [2.45, 2.75) is 32.1 Å². The molecule has 1 unspecified atom stereocenters. The average Bonchev–Trinajstić information content (AvgIpc) is 2.97. The van der Waals surface area contributed by atoms with Crippen LogP contribution in [-0.4, -0.2) is 23.9 Å². The van der Waals surface area contributed by atoms with E-state index in [-0.39, 0.29) is 11.5 Å². The molecule has 0 spiro atoms. The molecular weight excluding hydrogens is 300 g/mol. The second kappa shape index (κ2) is 4.62. The van der Waals surface area contributed by atoms with Crippen LogP contribution in [0.25, 0.3) is 0 Å². The van der Waals surface area contributed by atoms with Crippen molar-refractivity contribution in [2.75, 3.05) is 0 Å². The highest BCUT2D eigenvalue weighted by Crippen LogP contribution is 2.42. The van der Waals surface area contributed by atoms with E-state index in [0.29, 0.717) is 41.5 Å². The first kappa shape index (κ1) is 13.9. The molecule has 1 aliphatic carbocycles. The van der Waals surface area contributed by atoms with Crippen LogP contribution in [0, 0.1) is 6.92 Å². The normalized spacial score (nSPS) is 22.9. The maximum atomic E-state index is 11.8.